The minimum absolute atomic E-state index is 0.0486. The number of amides is 1. The number of aromatic nitrogens is 2. The molecule has 1 aromatic carbocycles. The SMILES string of the molecule is O=C(NCc1cnn(-c2ccccc2)c1)c1cccs1. The van der Waals surface area contributed by atoms with Gasteiger partial charge in [0.05, 0.1) is 16.8 Å². The van der Waals surface area contributed by atoms with Crippen molar-refractivity contribution < 1.29 is 4.79 Å². The van der Waals surface area contributed by atoms with Gasteiger partial charge in [0, 0.05) is 18.3 Å². The number of carbonyl (C=O) groups is 1. The second-order valence-corrected chi connectivity index (χ2v) is 5.24. The summed E-state index contributed by atoms with van der Waals surface area (Å²) in [7, 11) is 0. The lowest BCUT2D eigenvalue weighted by molar-refractivity contribution is 0.0955. The van der Waals surface area contributed by atoms with Crippen LogP contribution in [0.4, 0.5) is 0 Å². The highest BCUT2D eigenvalue weighted by Gasteiger charge is 2.07. The van der Waals surface area contributed by atoms with Gasteiger partial charge in [0.1, 0.15) is 0 Å². The van der Waals surface area contributed by atoms with Gasteiger partial charge >= 0.3 is 0 Å². The van der Waals surface area contributed by atoms with Crippen molar-refractivity contribution in [2.45, 2.75) is 6.54 Å². The molecule has 0 atom stereocenters. The van der Waals surface area contributed by atoms with Crippen molar-refractivity contribution in [3.05, 3.63) is 70.7 Å². The highest BCUT2D eigenvalue weighted by molar-refractivity contribution is 7.12. The number of thiophene rings is 1. The highest BCUT2D eigenvalue weighted by atomic mass is 32.1. The molecule has 3 aromatic rings. The third-order valence-electron chi connectivity index (χ3n) is 2.85. The molecule has 0 aliphatic heterocycles. The molecule has 5 heteroatoms. The molecule has 1 N–H and O–H groups in total. The molecule has 20 heavy (non-hydrogen) atoms. The van der Waals surface area contributed by atoms with Gasteiger partial charge in [-0.05, 0) is 23.6 Å². The van der Waals surface area contributed by atoms with Gasteiger partial charge in [-0.3, -0.25) is 4.79 Å². The summed E-state index contributed by atoms with van der Waals surface area (Å²) in [4.78, 5) is 12.6. The third-order valence-corrected chi connectivity index (χ3v) is 3.72. The molecule has 0 aliphatic carbocycles. The van der Waals surface area contributed by atoms with Crippen LogP contribution in [0.25, 0.3) is 5.69 Å². The molecule has 0 saturated carbocycles. The fraction of sp³-hybridized carbons (Fsp3) is 0.0667. The summed E-state index contributed by atoms with van der Waals surface area (Å²) >= 11 is 1.44. The Morgan fingerprint density at radius 1 is 1.20 bits per heavy atom. The van der Waals surface area contributed by atoms with Gasteiger partial charge in [-0.25, -0.2) is 4.68 Å². The van der Waals surface area contributed by atoms with Crippen LogP contribution in [-0.4, -0.2) is 15.7 Å². The average Bonchev–Trinajstić information content (AvgIpc) is 3.17. The maximum Gasteiger partial charge on any atom is 0.261 e. The molecule has 0 radical (unpaired) electrons. The summed E-state index contributed by atoms with van der Waals surface area (Å²) in [5.74, 6) is -0.0486. The van der Waals surface area contributed by atoms with Crippen molar-refractivity contribution in [2.75, 3.05) is 0 Å². The van der Waals surface area contributed by atoms with Crippen LogP contribution >= 0.6 is 11.3 Å². The van der Waals surface area contributed by atoms with E-state index < -0.39 is 0 Å². The van der Waals surface area contributed by atoms with Crippen LogP contribution in [0.15, 0.2) is 60.2 Å². The first-order chi connectivity index (χ1) is 9.83. The Bertz CT molecular complexity index is 689. The Morgan fingerprint density at radius 3 is 2.80 bits per heavy atom. The zero-order valence-electron chi connectivity index (χ0n) is 10.7. The van der Waals surface area contributed by atoms with E-state index in [1.165, 1.54) is 11.3 Å². The molecule has 0 saturated heterocycles. The van der Waals surface area contributed by atoms with Crippen LogP contribution in [0.2, 0.25) is 0 Å². The van der Waals surface area contributed by atoms with Gasteiger partial charge in [0.15, 0.2) is 0 Å². The second-order valence-electron chi connectivity index (χ2n) is 4.29. The van der Waals surface area contributed by atoms with Crippen molar-refractivity contribution in [2.24, 2.45) is 0 Å². The van der Waals surface area contributed by atoms with Gasteiger partial charge in [-0.15, -0.1) is 11.3 Å². The summed E-state index contributed by atoms with van der Waals surface area (Å²) in [6.45, 7) is 0.476. The molecule has 0 bridgehead atoms. The van der Waals surface area contributed by atoms with E-state index in [1.54, 1.807) is 10.9 Å². The predicted octanol–water partition coefficient (Wildman–Crippen LogP) is 2.86. The van der Waals surface area contributed by atoms with Gasteiger partial charge in [0.2, 0.25) is 0 Å². The molecule has 0 fully saturated rings. The largest absolute Gasteiger partial charge is 0.347 e. The molecule has 2 aromatic heterocycles. The minimum Gasteiger partial charge on any atom is -0.347 e. The summed E-state index contributed by atoms with van der Waals surface area (Å²) in [6.07, 6.45) is 3.69. The van der Waals surface area contributed by atoms with Crippen LogP contribution < -0.4 is 5.32 Å². The second kappa shape index (κ2) is 5.71. The van der Waals surface area contributed by atoms with Crippen molar-refractivity contribution >= 4 is 17.2 Å². The minimum atomic E-state index is -0.0486. The molecule has 0 aliphatic rings. The van der Waals surface area contributed by atoms with E-state index in [2.05, 4.69) is 10.4 Å². The van der Waals surface area contributed by atoms with Crippen molar-refractivity contribution in [1.82, 2.24) is 15.1 Å². The third kappa shape index (κ3) is 2.78. The zero-order chi connectivity index (χ0) is 13.8. The van der Waals surface area contributed by atoms with Crippen LogP contribution in [-0.2, 0) is 6.54 Å². The quantitative estimate of drug-likeness (QED) is 0.800. The van der Waals surface area contributed by atoms with E-state index in [0.29, 0.717) is 6.54 Å². The van der Waals surface area contributed by atoms with Crippen LogP contribution in [0, 0.1) is 0 Å². The van der Waals surface area contributed by atoms with Gasteiger partial charge in [-0.2, -0.15) is 5.10 Å². The topological polar surface area (TPSA) is 46.9 Å². The Hall–Kier alpha value is -2.40. The Balaban J connectivity index is 1.65. The number of carbonyl (C=O) groups excluding carboxylic acids is 1. The lowest BCUT2D eigenvalue weighted by Gasteiger charge is -2.01. The van der Waals surface area contributed by atoms with Crippen molar-refractivity contribution in [3.63, 3.8) is 0 Å². The highest BCUT2D eigenvalue weighted by Crippen LogP contribution is 2.10. The number of hydrogen-bond donors (Lipinski definition) is 1. The molecular formula is C15H13N3OS. The van der Waals surface area contributed by atoms with Crippen molar-refractivity contribution in [3.8, 4) is 5.69 Å². The van der Waals surface area contributed by atoms with E-state index in [1.807, 2.05) is 54.0 Å². The first kappa shape index (κ1) is 12.6. The van der Waals surface area contributed by atoms with E-state index in [9.17, 15) is 4.79 Å². The number of benzene rings is 1. The zero-order valence-corrected chi connectivity index (χ0v) is 11.5. The van der Waals surface area contributed by atoms with Crippen LogP contribution in [0.3, 0.4) is 0 Å². The fourth-order valence-electron chi connectivity index (χ4n) is 1.85. The molecule has 4 nitrogen and oxygen atoms in total. The van der Waals surface area contributed by atoms with Crippen molar-refractivity contribution in [1.29, 1.82) is 0 Å². The molecule has 3 rings (SSSR count). The first-order valence-corrected chi connectivity index (χ1v) is 7.11. The summed E-state index contributed by atoms with van der Waals surface area (Å²) < 4.78 is 1.80. The van der Waals surface area contributed by atoms with Gasteiger partial charge < -0.3 is 5.32 Å². The Morgan fingerprint density at radius 2 is 2.05 bits per heavy atom. The monoisotopic (exact) mass is 283 g/mol. The van der Waals surface area contributed by atoms with Gasteiger partial charge in [-0.1, -0.05) is 24.3 Å². The number of hydrogen-bond acceptors (Lipinski definition) is 3. The smallest absolute Gasteiger partial charge is 0.261 e. The van der Waals surface area contributed by atoms with E-state index >= 15 is 0 Å². The van der Waals surface area contributed by atoms with Gasteiger partial charge in [0.25, 0.3) is 5.91 Å². The molecular weight excluding hydrogens is 270 g/mol. The number of rotatable bonds is 4. The standard InChI is InChI=1S/C15H13N3OS/c19-15(14-7-4-8-20-14)16-9-12-10-17-18(11-12)13-5-2-1-3-6-13/h1-8,10-11H,9H2,(H,16,19). The average molecular weight is 283 g/mol. The number of nitrogens with zero attached hydrogens (tertiary/aromatic N) is 2. The predicted molar refractivity (Wildman–Crippen MR) is 79.1 cm³/mol. The van der Waals surface area contributed by atoms with Crippen LogP contribution in [0.5, 0.6) is 0 Å². The van der Waals surface area contributed by atoms with E-state index in [-0.39, 0.29) is 5.91 Å². The Kier molecular flexibility index (Phi) is 3.60. The molecule has 0 unspecified atom stereocenters. The Labute approximate surface area is 120 Å². The maximum absolute atomic E-state index is 11.8. The summed E-state index contributed by atoms with van der Waals surface area (Å²) in [6, 6.07) is 13.6. The normalized spacial score (nSPS) is 10.4. The lowest BCUT2D eigenvalue weighted by atomic mass is 10.3. The summed E-state index contributed by atoms with van der Waals surface area (Å²) in [5.41, 5.74) is 1.97. The number of para-hydroxylation sites is 1. The van der Waals surface area contributed by atoms with E-state index in [4.69, 9.17) is 0 Å². The number of nitrogens with one attached hydrogen (secondary N) is 1. The first-order valence-electron chi connectivity index (χ1n) is 6.23. The molecule has 1 amide bonds. The molecule has 0 spiro atoms. The maximum atomic E-state index is 11.8. The molecule has 2 heterocycles. The lowest BCUT2D eigenvalue weighted by Crippen LogP contribution is -2.21. The van der Waals surface area contributed by atoms with E-state index in [0.717, 1.165) is 16.1 Å². The summed E-state index contributed by atoms with van der Waals surface area (Å²) in [5, 5.41) is 9.07. The fourth-order valence-corrected chi connectivity index (χ4v) is 2.49. The van der Waals surface area contributed by atoms with Crippen LogP contribution in [0.1, 0.15) is 15.2 Å². The molecule has 100 valence electrons.